The molecule has 0 amide bonds. The first-order valence-electron chi connectivity index (χ1n) is 15.0. The predicted octanol–water partition coefficient (Wildman–Crippen LogP) is 9.87. The van der Waals surface area contributed by atoms with Crippen LogP contribution in [-0.4, -0.2) is 15.0 Å². The van der Waals surface area contributed by atoms with Gasteiger partial charge in [0.05, 0.1) is 0 Å². The molecule has 0 saturated carbocycles. The van der Waals surface area contributed by atoms with Crippen LogP contribution < -0.4 is 0 Å². The maximum absolute atomic E-state index is 5.14. The molecule has 44 heavy (non-hydrogen) atoms. The monoisotopic (exact) mass is 563 g/mol. The SMILES string of the molecule is CC1(c2ccccc2)c2ccccc2-c2cc(-c3nc(-c4ccccc4)nc(-c4ccccc4-c4ccccc4)n3)ccc21. The molecule has 0 aliphatic heterocycles. The van der Waals surface area contributed by atoms with E-state index < -0.39 is 0 Å². The lowest BCUT2D eigenvalue weighted by atomic mass is 9.74. The highest BCUT2D eigenvalue weighted by Crippen LogP contribution is 2.52. The molecule has 0 fully saturated rings. The molecule has 1 unspecified atom stereocenters. The first-order chi connectivity index (χ1) is 21.7. The quantitative estimate of drug-likeness (QED) is 0.209. The summed E-state index contributed by atoms with van der Waals surface area (Å²) < 4.78 is 0. The van der Waals surface area contributed by atoms with Crippen molar-refractivity contribution in [3.05, 3.63) is 174 Å². The van der Waals surface area contributed by atoms with Crippen LogP contribution in [0.15, 0.2) is 158 Å². The second kappa shape index (κ2) is 10.6. The lowest BCUT2D eigenvalue weighted by Crippen LogP contribution is -2.22. The molecule has 3 nitrogen and oxygen atoms in total. The molecule has 0 bridgehead atoms. The van der Waals surface area contributed by atoms with E-state index in [4.69, 9.17) is 15.0 Å². The van der Waals surface area contributed by atoms with E-state index in [2.05, 4.69) is 134 Å². The molecule has 0 N–H and O–H groups in total. The van der Waals surface area contributed by atoms with E-state index in [1.54, 1.807) is 0 Å². The molecular weight excluding hydrogens is 534 g/mol. The summed E-state index contributed by atoms with van der Waals surface area (Å²) in [6, 6.07) is 55.2. The van der Waals surface area contributed by atoms with Crippen molar-refractivity contribution in [1.82, 2.24) is 15.0 Å². The van der Waals surface area contributed by atoms with Crippen molar-refractivity contribution >= 4 is 0 Å². The van der Waals surface area contributed by atoms with Crippen LogP contribution in [0.25, 0.3) is 56.4 Å². The largest absolute Gasteiger partial charge is 0.208 e. The molecule has 8 rings (SSSR count). The molecule has 208 valence electrons. The minimum absolute atomic E-state index is 0.250. The number of rotatable bonds is 5. The van der Waals surface area contributed by atoms with E-state index >= 15 is 0 Å². The lowest BCUT2D eigenvalue weighted by Gasteiger charge is -2.28. The van der Waals surface area contributed by atoms with Gasteiger partial charge in [-0.1, -0.05) is 152 Å². The first kappa shape index (κ1) is 26.0. The summed E-state index contributed by atoms with van der Waals surface area (Å²) in [5.74, 6) is 1.97. The van der Waals surface area contributed by atoms with Gasteiger partial charge < -0.3 is 0 Å². The Morgan fingerprint density at radius 2 is 0.864 bits per heavy atom. The van der Waals surface area contributed by atoms with Crippen molar-refractivity contribution in [3.63, 3.8) is 0 Å². The Morgan fingerprint density at radius 3 is 1.57 bits per heavy atom. The maximum atomic E-state index is 5.14. The summed E-state index contributed by atoms with van der Waals surface area (Å²) in [4.78, 5) is 15.2. The van der Waals surface area contributed by atoms with E-state index in [-0.39, 0.29) is 5.41 Å². The van der Waals surface area contributed by atoms with E-state index in [1.807, 2.05) is 30.3 Å². The highest BCUT2D eigenvalue weighted by molar-refractivity contribution is 5.86. The van der Waals surface area contributed by atoms with E-state index in [9.17, 15) is 0 Å². The summed E-state index contributed by atoms with van der Waals surface area (Å²) >= 11 is 0. The van der Waals surface area contributed by atoms with Gasteiger partial charge in [-0.25, -0.2) is 15.0 Å². The van der Waals surface area contributed by atoms with Crippen LogP contribution in [0.5, 0.6) is 0 Å². The molecule has 0 spiro atoms. The molecule has 1 aliphatic rings. The molecule has 1 aromatic heterocycles. The highest BCUT2D eigenvalue weighted by Gasteiger charge is 2.40. The van der Waals surface area contributed by atoms with Gasteiger partial charge in [0, 0.05) is 22.1 Å². The standard InChI is InChI=1S/C41H29N3/c1-41(31-19-9-4-10-20-31)36-24-14-13-22-33(36)35-27-30(25-26-37(35)41)39-42-38(29-17-7-3-8-18-29)43-40(44-39)34-23-12-11-21-32(34)28-15-5-2-6-16-28/h2-27H,1H3. The lowest BCUT2D eigenvalue weighted by molar-refractivity contribution is 0.714. The molecule has 0 saturated heterocycles. The molecular formula is C41H29N3. The molecule has 6 aromatic carbocycles. The summed E-state index contributed by atoms with van der Waals surface area (Å²) in [6.07, 6.45) is 0. The third-order valence-electron chi connectivity index (χ3n) is 8.84. The van der Waals surface area contributed by atoms with Crippen LogP contribution in [0.1, 0.15) is 23.6 Å². The zero-order valence-corrected chi connectivity index (χ0v) is 24.4. The number of fused-ring (bicyclic) bond motifs is 3. The van der Waals surface area contributed by atoms with E-state index in [0.717, 1.165) is 27.8 Å². The Morgan fingerprint density at radius 1 is 0.364 bits per heavy atom. The second-order valence-corrected chi connectivity index (χ2v) is 11.4. The fraction of sp³-hybridized carbons (Fsp3) is 0.0488. The summed E-state index contributed by atoms with van der Waals surface area (Å²) in [7, 11) is 0. The van der Waals surface area contributed by atoms with Crippen molar-refractivity contribution in [2.24, 2.45) is 0 Å². The van der Waals surface area contributed by atoms with Gasteiger partial charge in [0.15, 0.2) is 17.5 Å². The zero-order valence-electron chi connectivity index (χ0n) is 24.4. The Labute approximate surface area is 257 Å². The van der Waals surface area contributed by atoms with Crippen molar-refractivity contribution in [3.8, 4) is 56.4 Å². The third kappa shape index (κ3) is 4.25. The normalized spacial score (nSPS) is 15.0. The minimum Gasteiger partial charge on any atom is -0.208 e. The van der Waals surface area contributed by atoms with Gasteiger partial charge in [0.2, 0.25) is 0 Å². The third-order valence-corrected chi connectivity index (χ3v) is 8.84. The van der Waals surface area contributed by atoms with Crippen LogP contribution in [-0.2, 0) is 5.41 Å². The van der Waals surface area contributed by atoms with Crippen LogP contribution in [0.3, 0.4) is 0 Å². The van der Waals surface area contributed by atoms with Crippen LogP contribution in [0, 0.1) is 0 Å². The van der Waals surface area contributed by atoms with Gasteiger partial charge in [-0.15, -0.1) is 0 Å². The fourth-order valence-electron chi connectivity index (χ4n) is 6.61. The van der Waals surface area contributed by atoms with Crippen LogP contribution in [0.4, 0.5) is 0 Å². The first-order valence-corrected chi connectivity index (χ1v) is 15.0. The van der Waals surface area contributed by atoms with Crippen molar-refractivity contribution in [2.75, 3.05) is 0 Å². The number of hydrogen-bond acceptors (Lipinski definition) is 3. The summed E-state index contributed by atoms with van der Waals surface area (Å²) in [5.41, 5.74) is 11.2. The zero-order chi connectivity index (χ0) is 29.5. The Balaban J connectivity index is 1.33. The number of benzene rings is 6. The van der Waals surface area contributed by atoms with Crippen LogP contribution >= 0.6 is 0 Å². The average molecular weight is 564 g/mol. The smallest absolute Gasteiger partial charge is 0.164 e. The molecule has 1 atom stereocenters. The van der Waals surface area contributed by atoms with Crippen LogP contribution in [0.2, 0.25) is 0 Å². The molecule has 1 heterocycles. The van der Waals surface area contributed by atoms with Gasteiger partial charge in [0.25, 0.3) is 0 Å². The Kier molecular flexibility index (Phi) is 6.23. The number of nitrogens with zero attached hydrogens (tertiary/aromatic N) is 3. The molecule has 0 radical (unpaired) electrons. The molecule has 7 aromatic rings. The minimum atomic E-state index is -0.250. The van der Waals surface area contributed by atoms with Gasteiger partial charge in [-0.2, -0.15) is 0 Å². The van der Waals surface area contributed by atoms with Gasteiger partial charge in [-0.3, -0.25) is 0 Å². The summed E-state index contributed by atoms with van der Waals surface area (Å²) in [6.45, 7) is 2.34. The van der Waals surface area contributed by atoms with E-state index in [0.29, 0.717) is 17.5 Å². The number of aromatic nitrogens is 3. The maximum Gasteiger partial charge on any atom is 0.164 e. The van der Waals surface area contributed by atoms with Crippen molar-refractivity contribution in [1.29, 1.82) is 0 Å². The molecule has 1 aliphatic carbocycles. The second-order valence-electron chi connectivity index (χ2n) is 11.4. The van der Waals surface area contributed by atoms with Gasteiger partial charge in [0.1, 0.15) is 0 Å². The summed E-state index contributed by atoms with van der Waals surface area (Å²) in [5, 5.41) is 0. The van der Waals surface area contributed by atoms with Gasteiger partial charge in [-0.05, 0) is 51.9 Å². The predicted molar refractivity (Wildman–Crippen MR) is 179 cm³/mol. The highest BCUT2D eigenvalue weighted by atomic mass is 15.0. The fourth-order valence-corrected chi connectivity index (χ4v) is 6.61. The Hall–Kier alpha value is -5.67. The van der Waals surface area contributed by atoms with Gasteiger partial charge >= 0.3 is 0 Å². The van der Waals surface area contributed by atoms with Crippen molar-refractivity contribution in [2.45, 2.75) is 12.3 Å². The molecule has 3 heteroatoms. The topological polar surface area (TPSA) is 38.7 Å². The average Bonchev–Trinajstić information content (AvgIpc) is 3.37. The van der Waals surface area contributed by atoms with Crippen molar-refractivity contribution < 1.29 is 0 Å². The number of hydrogen-bond donors (Lipinski definition) is 0. The Bertz CT molecular complexity index is 2120. The van der Waals surface area contributed by atoms with E-state index in [1.165, 1.54) is 27.8 Å².